The molecule has 3 nitrogen and oxygen atoms in total. The van der Waals surface area contributed by atoms with Crippen LogP contribution in [0.4, 0.5) is 0 Å². The van der Waals surface area contributed by atoms with Gasteiger partial charge in [0.05, 0.1) is 16.9 Å². The Bertz CT molecular complexity index is 350. The number of hydrogen-bond acceptors (Lipinski definition) is 4. The highest BCUT2D eigenvalue weighted by atomic mass is 32.1. The van der Waals surface area contributed by atoms with E-state index in [0.717, 1.165) is 11.3 Å². The monoisotopic (exact) mass is 194 g/mol. The zero-order chi connectivity index (χ0) is 9.26. The van der Waals surface area contributed by atoms with Crippen molar-refractivity contribution in [1.82, 2.24) is 5.16 Å². The minimum absolute atomic E-state index is 0.128. The van der Waals surface area contributed by atoms with E-state index in [-0.39, 0.29) is 6.04 Å². The largest absolute Gasteiger partial charge is 0.364 e. The van der Waals surface area contributed by atoms with Crippen molar-refractivity contribution < 1.29 is 4.52 Å². The minimum atomic E-state index is 0.128. The summed E-state index contributed by atoms with van der Waals surface area (Å²) in [6.45, 7) is 1.92. The van der Waals surface area contributed by atoms with Crippen LogP contribution in [0.1, 0.15) is 30.1 Å². The second kappa shape index (κ2) is 3.40. The van der Waals surface area contributed by atoms with Crippen LogP contribution in [-0.4, -0.2) is 10.3 Å². The minimum Gasteiger partial charge on any atom is -0.364 e. The third-order valence-corrected chi connectivity index (χ3v) is 2.47. The third kappa shape index (κ3) is 1.69. The predicted octanol–water partition coefficient (Wildman–Crippen LogP) is 2.54. The number of aromatic nitrogens is 1. The summed E-state index contributed by atoms with van der Waals surface area (Å²) in [5.74, 6) is 0.619. The Balaban J connectivity index is 2.29. The van der Waals surface area contributed by atoms with Crippen LogP contribution in [0.25, 0.3) is 0 Å². The van der Waals surface area contributed by atoms with E-state index in [0.29, 0.717) is 5.92 Å². The van der Waals surface area contributed by atoms with Crippen molar-refractivity contribution in [3.05, 3.63) is 17.5 Å². The molecule has 1 heterocycles. The molecule has 1 fully saturated rings. The van der Waals surface area contributed by atoms with Gasteiger partial charge in [-0.15, -0.1) is 0 Å². The molecule has 1 aromatic heterocycles. The van der Waals surface area contributed by atoms with Gasteiger partial charge < -0.3 is 4.52 Å². The number of rotatable bonds is 3. The van der Waals surface area contributed by atoms with E-state index < -0.39 is 0 Å². The first-order chi connectivity index (χ1) is 6.33. The van der Waals surface area contributed by atoms with Gasteiger partial charge in [0.1, 0.15) is 6.26 Å². The maximum atomic E-state index is 4.88. The fraction of sp³-hybridized carbons (Fsp3) is 0.556. The molecule has 1 saturated carbocycles. The number of aliphatic imine (C=N–C) groups is 1. The summed E-state index contributed by atoms with van der Waals surface area (Å²) >= 11 is 4.62. The Morgan fingerprint density at radius 3 is 3.00 bits per heavy atom. The molecule has 0 aliphatic heterocycles. The van der Waals surface area contributed by atoms with Crippen molar-refractivity contribution in [2.45, 2.75) is 25.8 Å². The molecule has 0 amide bonds. The van der Waals surface area contributed by atoms with E-state index in [1.807, 2.05) is 6.92 Å². The highest BCUT2D eigenvalue weighted by Gasteiger charge is 2.34. The molecule has 0 aromatic carbocycles. The molecule has 2 rings (SSSR count). The Hall–Kier alpha value is -0.990. The highest BCUT2D eigenvalue weighted by Crippen LogP contribution is 2.43. The molecule has 4 heteroatoms. The molecule has 0 bridgehead atoms. The molecule has 0 saturated heterocycles. The maximum Gasteiger partial charge on any atom is 0.129 e. The van der Waals surface area contributed by atoms with E-state index in [1.54, 1.807) is 6.26 Å². The molecule has 0 spiro atoms. The topological polar surface area (TPSA) is 38.4 Å². The van der Waals surface area contributed by atoms with Crippen LogP contribution in [0.2, 0.25) is 0 Å². The first-order valence-corrected chi connectivity index (χ1v) is 4.71. The number of nitrogens with zero attached hydrogens (tertiary/aromatic N) is 2. The van der Waals surface area contributed by atoms with Gasteiger partial charge >= 0.3 is 0 Å². The normalized spacial score (nSPS) is 17.9. The quantitative estimate of drug-likeness (QED) is 0.548. The second-order valence-corrected chi connectivity index (χ2v) is 3.54. The summed E-state index contributed by atoms with van der Waals surface area (Å²) in [6, 6.07) is 0.128. The van der Waals surface area contributed by atoms with Gasteiger partial charge in [-0.25, -0.2) is 4.99 Å². The zero-order valence-corrected chi connectivity index (χ0v) is 8.17. The Kier molecular flexibility index (Phi) is 2.25. The van der Waals surface area contributed by atoms with Crippen molar-refractivity contribution in [2.75, 3.05) is 0 Å². The first kappa shape index (κ1) is 8.60. The number of thiocarbonyl (C=S) groups is 1. The second-order valence-electron chi connectivity index (χ2n) is 3.36. The van der Waals surface area contributed by atoms with Gasteiger partial charge in [0.2, 0.25) is 0 Å². The van der Waals surface area contributed by atoms with Gasteiger partial charge in [0.25, 0.3) is 0 Å². The number of hydrogen-bond donors (Lipinski definition) is 0. The Labute approximate surface area is 81.8 Å². The molecule has 1 atom stereocenters. The lowest BCUT2D eigenvalue weighted by molar-refractivity contribution is 0.413. The van der Waals surface area contributed by atoms with Crippen molar-refractivity contribution in [2.24, 2.45) is 10.9 Å². The molecule has 68 valence electrons. The molecule has 1 aliphatic carbocycles. The standard InChI is InChI=1S/C9H10N2OS/c1-6-8(4-12-11-6)9(10-5-13)7-2-3-7/h4,7,9H,2-3H2,1H3/t9-/m0/s1. The van der Waals surface area contributed by atoms with E-state index in [1.165, 1.54) is 12.8 Å². The molecule has 13 heavy (non-hydrogen) atoms. The molecular formula is C9H10N2OS. The van der Waals surface area contributed by atoms with Crippen LogP contribution in [0.3, 0.4) is 0 Å². The van der Waals surface area contributed by atoms with Crippen LogP contribution in [0.5, 0.6) is 0 Å². The summed E-state index contributed by atoms with van der Waals surface area (Å²) in [5.41, 5.74) is 1.96. The first-order valence-electron chi connectivity index (χ1n) is 4.30. The zero-order valence-electron chi connectivity index (χ0n) is 7.36. The average molecular weight is 194 g/mol. The van der Waals surface area contributed by atoms with Gasteiger partial charge in [0, 0.05) is 5.56 Å². The predicted molar refractivity (Wildman–Crippen MR) is 51.7 cm³/mol. The number of isothiocyanates is 1. The molecule has 1 aliphatic rings. The summed E-state index contributed by atoms with van der Waals surface area (Å²) < 4.78 is 4.88. The fourth-order valence-corrected chi connectivity index (χ4v) is 1.60. The van der Waals surface area contributed by atoms with Crippen molar-refractivity contribution in [1.29, 1.82) is 0 Å². The van der Waals surface area contributed by atoms with Crippen LogP contribution in [0.15, 0.2) is 15.8 Å². The van der Waals surface area contributed by atoms with Gasteiger partial charge in [-0.3, -0.25) is 0 Å². The smallest absolute Gasteiger partial charge is 0.129 e. The van der Waals surface area contributed by atoms with Gasteiger partial charge in [-0.05, 0) is 37.9 Å². The van der Waals surface area contributed by atoms with Crippen molar-refractivity contribution in [3.63, 3.8) is 0 Å². The van der Waals surface area contributed by atoms with Crippen LogP contribution < -0.4 is 0 Å². The summed E-state index contributed by atoms with van der Waals surface area (Å²) in [5, 5.41) is 6.28. The Morgan fingerprint density at radius 2 is 2.54 bits per heavy atom. The van der Waals surface area contributed by atoms with E-state index in [9.17, 15) is 0 Å². The van der Waals surface area contributed by atoms with Crippen LogP contribution in [0, 0.1) is 12.8 Å². The molecule has 0 N–H and O–H groups in total. The fourth-order valence-electron chi connectivity index (χ4n) is 1.48. The van der Waals surface area contributed by atoms with Gasteiger partial charge in [0.15, 0.2) is 0 Å². The molecule has 1 aromatic rings. The van der Waals surface area contributed by atoms with E-state index in [2.05, 4.69) is 27.5 Å². The van der Waals surface area contributed by atoms with Gasteiger partial charge in [-0.2, -0.15) is 0 Å². The lowest BCUT2D eigenvalue weighted by Crippen LogP contribution is -1.97. The van der Waals surface area contributed by atoms with E-state index >= 15 is 0 Å². The SMILES string of the molecule is Cc1nocc1[C@@H](N=C=S)C1CC1. The lowest BCUT2D eigenvalue weighted by atomic mass is 10.1. The van der Waals surface area contributed by atoms with Gasteiger partial charge in [-0.1, -0.05) is 5.16 Å². The molecule has 0 radical (unpaired) electrons. The summed E-state index contributed by atoms with van der Waals surface area (Å²) in [6.07, 6.45) is 4.10. The van der Waals surface area contributed by atoms with Crippen molar-refractivity contribution >= 4 is 17.4 Å². The highest BCUT2D eigenvalue weighted by molar-refractivity contribution is 7.78. The Morgan fingerprint density at radius 1 is 1.77 bits per heavy atom. The summed E-state index contributed by atoms with van der Waals surface area (Å²) in [4.78, 5) is 4.15. The van der Waals surface area contributed by atoms with Crippen LogP contribution in [-0.2, 0) is 0 Å². The molecule has 0 unspecified atom stereocenters. The number of aryl methyl sites for hydroxylation is 1. The maximum absolute atomic E-state index is 4.88. The third-order valence-electron chi connectivity index (χ3n) is 2.37. The molecular weight excluding hydrogens is 184 g/mol. The average Bonchev–Trinajstić information content (AvgIpc) is 2.86. The van der Waals surface area contributed by atoms with Crippen molar-refractivity contribution in [3.8, 4) is 0 Å². The van der Waals surface area contributed by atoms with E-state index in [4.69, 9.17) is 4.52 Å². The summed E-state index contributed by atoms with van der Waals surface area (Å²) in [7, 11) is 0. The lowest BCUT2D eigenvalue weighted by Gasteiger charge is -2.06. The van der Waals surface area contributed by atoms with Crippen LogP contribution >= 0.6 is 12.2 Å².